The number of piperidine rings is 1. The molecule has 1 heterocycles. The summed E-state index contributed by atoms with van der Waals surface area (Å²) in [6.45, 7) is 0.549. The Labute approximate surface area is 179 Å². The van der Waals surface area contributed by atoms with Crippen LogP contribution >= 0.6 is 0 Å². The molecule has 1 aliphatic carbocycles. The van der Waals surface area contributed by atoms with Gasteiger partial charge < -0.3 is 10.6 Å². The molecular weight excluding hydrogens is 404 g/mol. The van der Waals surface area contributed by atoms with Gasteiger partial charge in [-0.1, -0.05) is 31.4 Å². The maximum absolute atomic E-state index is 12.9. The smallest absolute Gasteiger partial charge is 0.281 e. The molecule has 0 bridgehead atoms. The minimum absolute atomic E-state index is 0.142. The van der Waals surface area contributed by atoms with Crippen LogP contribution in [0.3, 0.4) is 0 Å². The van der Waals surface area contributed by atoms with Gasteiger partial charge >= 0.3 is 0 Å². The summed E-state index contributed by atoms with van der Waals surface area (Å²) in [7, 11) is -0.582. The van der Waals surface area contributed by atoms with Crippen molar-refractivity contribution in [1.29, 1.82) is 0 Å². The lowest BCUT2D eigenvalue weighted by Crippen LogP contribution is -2.47. The summed E-state index contributed by atoms with van der Waals surface area (Å²) in [5, 5.41) is 5.95. The van der Waals surface area contributed by atoms with Crippen molar-refractivity contribution < 1.29 is 18.0 Å². The Hall–Kier alpha value is -1.97. The molecule has 2 aliphatic rings. The number of hydrogen-bond acceptors (Lipinski definition) is 4. The molecule has 8 nitrogen and oxygen atoms in total. The third-order valence-corrected chi connectivity index (χ3v) is 7.82. The highest BCUT2D eigenvalue weighted by Crippen LogP contribution is 2.24. The quantitative estimate of drug-likeness (QED) is 0.714. The van der Waals surface area contributed by atoms with Crippen LogP contribution in [-0.2, 0) is 15.0 Å². The van der Waals surface area contributed by atoms with Gasteiger partial charge in [0, 0.05) is 33.2 Å². The fourth-order valence-corrected chi connectivity index (χ4v) is 5.32. The number of nitrogens with zero attached hydrogens (tertiary/aromatic N) is 2. The van der Waals surface area contributed by atoms with E-state index in [0.717, 1.165) is 30.0 Å². The van der Waals surface area contributed by atoms with Gasteiger partial charge in [-0.25, -0.2) is 0 Å². The average molecular weight is 437 g/mol. The highest BCUT2D eigenvalue weighted by molar-refractivity contribution is 7.86. The van der Waals surface area contributed by atoms with Crippen molar-refractivity contribution in [3.05, 3.63) is 29.8 Å². The van der Waals surface area contributed by atoms with Crippen molar-refractivity contribution in [3.8, 4) is 0 Å². The van der Waals surface area contributed by atoms with E-state index in [1.165, 1.54) is 24.8 Å². The van der Waals surface area contributed by atoms with Gasteiger partial charge in [-0.05, 0) is 37.8 Å². The van der Waals surface area contributed by atoms with Crippen LogP contribution in [0.4, 0.5) is 5.69 Å². The molecule has 0 aromatic heterocycles. The number of benzene rings is 1. The fourth-order valence-electron chi connectivity index (χ4n) is 4.13. The van der Waals surface area contributed by atoms with E-state index in [1.807, 2.05) is 0 Å². The summed E-state index contributed by atoms with van der Waals surface area (Å²) in [6.07, 6.45) is 6.66. The Bertz CT molecular complexity index is 866. The van der Waals surface area contributed by atoms with E-state index in [1.54, 1.807) is 24.3 Å². The van der Waals surface area contributed by atoms with Crippen molar-refractivity contribution in [2.45, 2.75) is 51.0 Å². The van der Waals surface area contributed by atoms with Crippen molar-refractivity contribution >= 4 is 27.7 Å². The maximum atomic E-state index is 12.9. The Kier molecular flexibility index (Phi) is 7.49. The molecular formula is C21H32N4O4S. The first kappa shape index (κ1) is 22.7. The molecule has 2 amide bonds. The number of nitrogens with one attached hydrogen (secondary N) is 2. The highest BCUT2D eigenvalue weighted by Gasteiger charge is 2.33. The molecule has 1 saturated heterocycles. The maximum Gasteiger partial charge on any atom is 0.281 e. The summed E-state index contributed by atoms with van der Waals surface area (Å²) < 4.78 is 27.3. The number of amides is 2. The van der Waals surface area contributed by atoms with Crippen molar-refractivity contribution in [3.63, 3.8) is 0 Å². The largest absolute Gasteiger partial charge is 0.349 e. The third kappa shape index (κ3) is 5.39. The Morgan fingerprint density at radius 2 is 1.73 bits per heavy atom. The third-order valence-electron chi connectivity index (χ3n) is 5.91. The molecule has 1 aliphatic heterocycles. The molecule has 1 aromatic rings. The Morgan fingerprint density at radius 3 is 2.43 bits per heavy atom. The van der Waals surface area contributed by atoms with Gasteiger partial charge in [-0.15, -0.1) is 0 Å². The van der Waals surface area contributed by atoms with Crippen LogP contribution in [0.25, 0.3) is 0 Å². The second-order valence-electron chi connectivity index (χ2n) is 8.33. The number of anilines is 1. The lowest BCUT2D eigenvalue weighted by Gasteiger charge is -2.32. The predicted molar refractivity (Wildman–Crippen MR) is 116 cm³/mol. The first-order chi connectivity index (χ1) is 14.3. The average Bonchev–Trinajstić information content (AvgIpc) is 2.74. The normalized spacial score (nSPS) is 21.4. The molecule has 3 rings (SSSR count). The van der Waals surface area contributed by atoms with Crippen LogP contribution in [0.1, 0.15) is 55.3 Å². The molecule has 1 atom stereocenters. The van der Waals surface area contributed by atoms with Crippen LogP contribution in [0, 0.1) is 5.92 Å². The van der Waals surface area contributed by atoms with Gasteiger partial charge in [0.2, 0.25) is 5.91 Å². The van der Waals surface area contributed by atoms with Gasteiger partial charge in [-0.3, -0.25) is 9.59 Å². The molecule has 0 radical (unpaired) electrons. The summed E-state index contributed by atoms with van der Waals surface area (Å²) in [5.41, 5.74) is 0.897. The van der Waals surface area contributed by atoms with Gasteiger partial charge in [0.15, 0.2) is 0 Å². The predicted octanol–water partition coefficient (Wildman–Crippen LogP) is 2.21. The SMILES string of the molecule is CN(C)S(=O)(=O)N1CCCC(C(=O)Nc2ccccc2C(=O)NC2CCCCC2)C1. The monoisotopic (exact) mass is 436 g/mol. The van der Waals surface area contributed by atoms with Crippen LogP contribution in [0.15, 0.2) is 24.3 Å². The van der Waals surface area contributed by atoms with Crippen LogP contribution < -0.4 is 10.6 Å². The first-order valence-electron chi connectivity index (χ1n) is 10.7. The van der Waals surface area contributed by atoms with Gasteiger partial charge in [0.1, 0.15) is 0 Å². The number of hydrogen-bond donors (Lipinski definition) is 2. The topological polar surface area (TPSA) is 98.8 Å². The molecule has 30 heavy (non-hydrogen) atoms. The zero-order valence-electron chi connectivity index (χ0n) is 17.8. The summed E-state index contributed by atoms with van der Waals surface area (Å²) in [4.78, 5) is 25.7. The zero-order chi connectivity index (χ0) is 21.7. The minimum Gasteiger partial charge on any atom is -0.349 e. The molecule has 1 aromatic carbocycles. The Morgan fingerprint density at radius 1 is 1.03 bits per heavy atom. The van der Waals surface area contributed by atoms with E-state index in [4.69, 9.17) is 0 Å². The van der Waals surface area contributed by atoms with Crippen LogP contribution in [-0.4, -0.2) is 62.1 Å². The molecule has 2 N–H and O–H groups in total. The second kappa shape index (κ2) is 9.89. The molecule has 1 saturated carbocycles. The summed E-state index contributed by atoms with van der Waals surface area (Å²) in [5.74, 6) is -0.896. The van der Waals surface area contributed by atoms with E-state index in [2.05, 4.69) is 10.6 Å². The van der Waals surface area contributed by atoms with E-state index in [-0.39, 0.29) is 24.4 Å². The number of para-hydroxylation sites is 1. The van der Waals surface area contributed by atoms with Crippen molar-refractivity contribution in [1.82, 2.24) is 13.9 Å². The second-order valence-corrected chi connectivity index (χ2v) is 10.5. The van der Waals surface area contributed by atoms with Gasteiger partial charge in [-0.2, -0.15) is 17.0 Å². The summed E-state index contributed by atoms with van der Waals surface area (Å²) in [6, 6.07) is 7.15. The number of carbonyl (C=O) groups is 2. The molecule has 2 fully saturated rings. The van der Waals surface area contributed by atoms with Crippen LogP contribution in [0.5, 0.6) is 0 Å². The fraction of sp³-hybridized carbons (Fsp3) is 0.619. The molecule has 1 unspecified atom stereocenters. The lowest BCUT2D eigenvalue weighted by molar-refractivity contribution is -0.120. The molecule has 9 heteroatoms. The van der Waals surface area contributed by atoms with E-state index < -0.39 is 16.1 Å². The molecule has 166 valence electrons. The number of rotatable bonds is 6. The van der Waals surface area contributed by atoms with Gasteiger partial charge in [0.25, 0.3) is 16.1 Å². The standard InChI is InChI=1S/C21H32N4O4S/c1-24(2)30(28,29)25-14-8-9-16(15-25)20(26)23-19-13-7-6-12-18(19)21(27)22-17-10-4-3-5-11-17/h6-7,12-13,16-17H,3-5,8-11,14-15H2,1-2H3,(H,22,27)(H,23,26). The van der Waals surface area contributed by atoms with E-state index >= 15 is 0 Å². The number of carbonyl (C=O) groups excluding carboxylic acids is 2. The van der Waals surface area contributed by atoms with Crippen molar-refractivity contribution in [2.75, 3.05) is 32.5 Å². The Balaban J connectivity index is 1.67. The summed E-state index contributed by atoms with van der Waals surface area (Å²) >= 11 is 0. The minimum atomic E-state index is -3.55. The van der Waals surface area contributed by atoms with E-state index in [0.29, 0.717) is 30.6 Å². The van der Waals surface area contributed by atoms with Gasteiger partial charge in [0.05, 0.1) is 17.2 Å². The first-order valence-corrected chi connectivity index (χ1v) is 12.1. The van der Waals surface area contributed by atoms with Crippen molar-refractivity contribution in [2.24, 2.45) is 5.92 Å². The van der Waals surface area contributed by atoms with E-state index in [9.17, 15) is 18.0 Å². The highest BCUT2D eigenvalue weighted by atomic mass is 32.2. The van der Waals surface area contributed by atoms with Crippen LogP contribution in [0.2, 0.25) is 0 Å². The lowest BCUT2D eigenvalue weighted by atomic mass is 9.95. The zero-order valence-corrected chi connectivity index (χ0v) is 18.6. The molecule has 0 spiro atoms.